The number of pyridine rings is 1. The Morgan fingerprint density at radius 2 is 2.00 bits per heavy atom. The quantitative estimate of drug-likeness (QED) is 0.883. The summed E-state index contributed by atoms with van der Waals surface area (Å²) in [6.07, 6.45) is 1.88. The van der Waals surface area contributed by atoms with Crippen molar-refractivity contribution in [2.75, 3.05) is 5.32 Å². The highest BCUT2D eigenvalue weighted by molar-refractivity contribution is 6.30. The van der Waals surface area contributed by atoms with E-state index in [2.05, 4.69) is 15.6 Å². The number of fused-ring (bicyclic) bond motifs is 3. The van der Waals surface area contributed by atoms with E-state index in [-0.39, 0.29) is 23.7 Å². The molecule has 2 aliphatic rings. The molecule has 2 N–H and O–H groups in total. The lowest BCUT2D eigenvalue weighted by Crippen LogP contribution is -2.33. The second-order valence-corrected chi connectivity index (χ2v) is 6.24. The summed E-state index contributed by atoms with van der Waals surface area (Å²) in [5.41, 5.74) is 0.850. The zero-order valence-corrected chi connectivity index (χ0v) is 12.6. The number of aromatic nitrogens is 1. The first-order chi connectivity index (χ1) is 11.0. The summed E-state index contributed by atoms with van der Waals surface area (Å²) < 4.78 is 27.6. The molecule has 2 amide bonds. The van der Waals surface area contributed by atoms with Gasteiger partial charge in [-0.3, -0.25) is 5.32 Å². The van der Waals surface area contributed by atoms with Gasteiger partial charge in [0.05, 0.1) is 5.02 Å². The van der Waals surface area contributed by atoms with Crippen molar-refractivity contribution in [3.8, 4) is 0 Å². The van der Waals surface area contributed by atoms with E-state index in [9.17, 15) is 13.6 Å². The summed E-state index contributed by atoms with van der Waals surface area (Å²) in [4.78, 5) is 15.9. The average Bonchev–Trinajstić information content (AvgIpc) is 3.00. The van der Waals surface area contributed by atoms with Crippen LogP contribution in [0.3, 0.4) is 0 Å². The second-order valence-electron chi connectivity index (χ2n) is 5.80. The van der Waals surface area contributed by atoms with Crippen molar-refractivity contribution in [1.29, 1.82) is 0 Å². The lowest BCUT2D eigenvalue weighted by molar-refractivity contribution is 0.251. The molecule has 1 aromatic heterocycles. The number of carbonyl (C=O) groups excluding carboxylic acids is 1. The molecule has 3 atom stereocenters. The minimum atomic E-state index is -0.419. The number of halogens is 3. The topological polar surface area (TPSA) is 54.0 Å². The first-order valence-electron chi connectivity index (χ1n) is 7.20. The Labute approximate surface area is 135 Å². The molecule has 0 aliphatic heterocycles. The highest BCUT2D eigenvalue weighted by Crippen LogP contribution is 2.57. The van der Waals surface area contributed by atoms with Gasteiger partial charge in [0.1, 0.15) is 17.5 Å². The summed E-state index contributed by atoms with van der Waals surface area (Å²) in [7, 11) is 0. The second kappa shape index (κ2) is 5.16. The Hall–Kier alpha value is -2.21. The van der Waals surface area contributed by atoms with Gasteiger partial charge in [-0.25, -0.2) is 18.6 Å². The number of nitrogens with one attached hydrogen (secondary N) is 2. The van der Waals surface area contributed by atoms with Crippen molar-refractivity contribution >= 4 is 23.4 Å². The smallest absolute Gasteiger partial charge is 0.320 e. The molecule has 23 heavy (non-hydrogen) atoms. The van der Waals surface area contributed by atoms with Gasteiger partial charge in [-0.2, -0.15) is 0 Å². The first-order valence-corrected chi connectivity index (χ1v) is 7.58. The van der Waals surface area contributed by atoms with Gasteiger partial charge >= 0.3 is 6.03 Å². The number of urea groups is 1. The van der Waals surface area contributed by atoms with Crippen LogP contribution in [0, 0.1) is 17.6 Å². The summed E-state index contributed by atoms with van der Waals surface area (Å²) in [6, 6.07) is 4.90. The van der Waals surface area contributed by atoms with Crippen LogP contribution in [0.1, 0.15) is 17.0 Å². The number of hydrogen-bond donors (Lipinski definition) is 2. The molecule has 2 aliphatic carbocycles. The van der Waals surface area contributed by atoms with Gasteiger partial charge in [-0.1, -0.05) is 11.6 Å². The van der Waals surface area contributed by atoms with Gasteiger partial charge < -0.3 is 5.32 Å². The number of benzene rings is 1. The van der Waals surface area contributed by atoms with Crippen molar-refractivity contribution in [3.05, 3.63) is 58.2 Å². The molecule has 0 saturated heterocycles. The van der Waals surface area contributed by atoms with Crippen LogP contribution in [0.5, 0.6) is 0 Å². The van der Waals surface area contributed by atoms with E-state index in [4.69, 9.17) is 11.6 Å². The van der Waals surface area contributed by atoms with Crippen LogP contribution in [0.25, 0.3) is 0 Å². The highest BCUT2D eigenvalue weighted by atomic mass is 35.5. The molecule has 1 aromatic carbocycles. The van der Waals surface area contributed by atoms with Gasteiger partial charge in [0.15, 0.2) is 0 Å². The van der Waals surface area contributed by atoms with E-state index in [0.717, 1.165) is 12.1 Å². The molecule has 4 rings (SSSR count). The number of nitrogens with zero attached hydrogens (tertiary/aromatic N) is 1. The molecule has 1 fully saturated rings. The van der Waals surface area contributed by atoms with Crippen LogP contribution >= 0.6 is 11.6 Å². The zero-order valence-electron chi connectivity index (χ0n) is 11.8. The van der Waals surface area contributed by atoms with E-state index in [1.807, 2.05) is 0 Å². The van der Waals surface area contributed by atoms with Crippen LogP contribution in [0.15, 0.2) is 30.5 Å². The Morgan fingerprint density at radius 1 is 1.22 bits per heavy atom. The highest BCUT2D eigenvalue weighted by Gasteiger charge is 2.58. The monoisotopic (exact) mass is 335 g/mol. The average molecular weight is 336 g/mol. The minimum Gasteiger partial charge on any atom is -0.334 e. The van der Waals surface area contributed by atoms with Gasteiger partial charge in [0.25, 0.3) is 0 Å². The molecule has 1 heterocycles. The molecule has 7 heteroatoms. The normalized spacial score (nSPS) is 23.9. The van der Waals surface area contributed by atoms with Crippen LogP contribution in [-0.2, 0) is 6.42 Å². The number of hydrogen-bond acceptors (Lipinski definition) is 2. The van der Waals surface area contributed by atoms with Crippen molar-refractivity contribution in [3.63, 3.8) is 0 Å². The van der Waals surface area contributed by atoms with Crippen molar-refractivity contribution in [2.45, 2.75) is 18.4 Å². The number of anilines is 1. The fraction of sp³-hybridized carbons (Fsp3) is 0.250. The number of carbonyl (C=O) groups is 1. The van der Waals surface area contributed by atoms with Crippen LogP contribution in [-0.4, -0.2) is 17.1 Å². The fourth-order valence-electron chi connectivity index (χ4n) is 3.38. The Balaban J connectivity index is 1.43. The number of amides is 2. The van der Waals surface area contributed by atoms with E-state index in [1.165, 1.54) is 6.20 Å². The molecule has 4 nitrogen and oxygen atoms in total. The molecule has 0 radical (unpaired) electrons. The lowest BCUT2D eigenvalue weighted by atomic mass is 10.0. The molecular formula is C16H12ClF2N3O. The molecule has 118 valence electrons. The Kier molecular flexibility index (Phi) is 3.23. The summed E-state index contributed by atoms with van der Waals surface area (Å²) in [5.74, 6) is -0.500. The summed E-state index contributed by atoms with van der Waals surface area (Å²) >= 11 is 5.73. The van der Waals surface area contributed by atoms with Gasteiger partial charge in [-0.05, 0) is 47.7 Å². The molecule has 0 spiro atoms. The van der Waals surface area contributed by atoms with Gasteiger partial charge in [-0.15, -0.1) is 0 Å². The van der Waals surface area contributed by atoms with Crippen molar-refractivity contribution in [2.24, 2.45) is 5.92 Å². The molecular weight excluding hydrogens is 324 g/mol. The predicted molar refractivity (Wildman–Crippen MR) is 81.5 cm³/mol. The Bertz CT molecular complexity index is 797. The van der Waals surface area contributed by atoms with Crippen LogP contribution in [0.4, 0.5) is 19.4 Å². The first kappa shape index (κ1) is 14.4. The molecule has 2 aromatic rings. The summed E-state index contributed by atoms with van der Waals surface area (Å²) in [6.45, 7) is 0. The minimum absolute atomic E-state index is 0.0559. The van der Waals surface area contributed by atoms with E-state index >= 15 is 0 Å². The van der Waals surface area contributed by atoms with Crippen molar-refractivity contribution < 1.29 is 13.6 Å². The fourth-order valence-corrected chi connectivity index (χ4v) is 3.50. The standard InChI is InChI=1S/C16H12ClF2N3O/c17-7-1-4-12(20-6-7)21-16(23)22-15-9-5-8-10(18)2-3-11(19)13(8)14(9)15/h1-4,6,9,14-15H,5H2,(H2,20,21,22,23). The predicted octanol–water partition coefficient (Wildman–Crippen LogP) is 3.47. The number of rotatable bonds is 2. The third-order valence-corrected chi connectivity index (χ3v) is 4.68. The third-order valence-electron chi connectivity index (χ3n) is 4.46. The molecule has 0 bridgehead atoms. The van der Waals surface area contributed by atoms with Crippen LogP contribution in [0.2, 0.25) is 5.02 Å². The van der Waals surface area contributed by atoms with Crippen LogP contribution < -0.4 is 10.6 Å². The van der Waals surface area contributed by atoms with E-state index < -0.39 is 11.8 Å². The van der Waals surface area contributed by atoms with Gasteiger partial charge in [0, 0.05) is 18.2 Å². The third kappa shape index (κ3) is 2.43. The van der Waals surface area contributed by atoms with E-state index in [0.29, 0.717) is 28.4 Å². The maximum Gasteiger partial charge on any atom is 0.320 e. The molecule has 3 unspecified atom stereocenters. The Morgan fingerprint density at radius 3 is 2.74 bits per heavy atom. The lowest BCUT2D eigenvalue weighted by Gasteiger charge is -2.11. The SMILES string of the molecule is O=C(Nc1ccc(Cl)cn1)NC1C2Cc3c(F)ccc(F)c3C21. The summed E-state index contributed by atoms with van der Waals surface area (Å²) in [5, 5.41) is 5.86. The maximum atomic E-state index is 13.9. The largest absolute Gasteiger partial charge is 0.334 e. The maximum absolute atomic E-state index is 13.9. The van der Waals surface area contributed by atoms with Gasteiger partial charge in [0.2, 0.25) is 0 Å². The molecule has 1 saturated carbocycles. The van der Waals surface area contributed by atoms with Crippen molar-refractivity contribution in [1.82, 2.24) is 10.3 Å². The van der Waals surface area contributed by atoms with E-state index in [1.54, 1.807) is 12.1 Å². The zero-order chi connectivity index (χ0) is 16.1.